The van der Waals surface area contributed by atoms with Crippen LogP contribution >= 0.6 is 15.9 Å². The van der Waals surface area contributed by atoms with Crippen molar-refractivity contribution < 1.29 is 5.11 Å². The summed E-state index contributed by atoms with van der Waals surface area (Å²) in [5.41, 5.74) is 1.06. The van der Waals surface area contributed by atoms with Crippen LogP contribution in [0.2, 0.25) is 0 Å². The average Bonchev–Trinajstić information content (AvgIpc) is 2.20. The monoisotopic (exact) mass is 269 g/mol. The molecule has 0 fully saturated rings. The molecule has 0 saturated heterocycles. The first-order valence-electron chi connectivity index (χ1n) is 4.95. The number of phenolic OH excluding ortho intramolecular Hbond substituents is 1. The molecule has 82 valence electrons. The smallest absolute Gasteiger partial charge is 0.115 e. The first kappa shape index (κ1) is 12.3. The topological polar surface area (TPSA) is 32.3 Å². The van der Waals surface area contributed by atoms with Crippen LogP contribution in [0.3, 0.4) is 0 Å². The lowest BCUT2D eigenvalue weighted by atomic mass is 10.2. The van der Waals surface area contributed by atoms with E-state index in [4.69, 9.17) is 0 Å². The van der Waals surface area contributed by atoms with Gasteiger partial charge in [-0.2, -0.15) is 0 Å². The Hall–Kier alpha value is -0.800. The summed E-state index contributed by atoms with van der Waals surface area (Å²) in [4.78, 5) is 0. The number of rotatable bonds is 5. The third-order valence-corrected chi connectivity index (χ3v) is 2.96. The van der Waals surface area contributed by atoms with Gasteiger partial charge in [0.05, 0.1) is 0 Å². The Bertz CT molecular complexity index is 338. The van der Waals surface area contributed by atoms with E-state index in [1.807, 2.05) is 12.1 Å². The van der Waals surface area contributed by atoms with Crippen LogP contribution < -0.4 is 5.32 Å². The van der Waals surface area contributed by atoms with E-state index in [1.165, 1.54) is 0 Å². The van der Waals surface area contributed by atoms with E-state index in [2.05, 4.69) is 34.7 Å². The molecule has 1 aromatic rings. The van der Waals surface area contributed by atoms with E-state index >= 15 is 0 Å². The summed E-state index contributed by atoms with van der Waals surface area (Å²) in [6.07, 6.45) is 2.84. The highest BCUT2D eigenvalue weighted by atomic mass is 79.9. The van der Waals surface area contributed by atoms with E-state index in [-0.39, 0.29) is 0 Å². The van der Waals surface area contributed by atoms with Gasteiger partial charge in [-0.1, -0.05) is 22.0 Å². The molecule has 0 aliphatic heterocycles. The number of phenols is 1. The normalized spacial score (nSPS) is 12.4. The molecule has 0 aliphatic rings. The minimum absolute atomic E-state index is 0.298. The van der Waals surface area contributed by atoms with Crippen molar-refractivity contribution in [2.24, 2.45) is 0 Å². The Kier molecular flexibility index (Phi) is 4.85. The molecular formula is C12H16BrNO. The minimum Gasteiger partial charge on any atom is -0.508 e. The number of hydrogen-bond donors (Lipinski definition) is 2. The Morgan fingerprint density at radius 1 is 1.60 bits per heavy atom. The van der Waals surface area contributed by atoms with Gasteiger partial charge in [0, 0.05) is 17.1 Å². The molecule has 2 nitrogen and oxygen atoms in total. The number of aromatic hydroxyl groups is 1. The predicted octanol–water partition coefficient (Wildman–Crippen LogP) is 3.21. The van der Waals surface area contributed by atoms with E-state index in [1.54, 1.807) is 12.1 Å². The molecule has 15 heavy (non-hydrogen) atoms. The summed E-state index contributed by atoms with van der Waals surface area (Å²) in [6.45, 7) is 6.55. The van der Waals surface area contributed by atoms with Crippen LogP contribution in [0.5, 0.6) is 5.75 Å². The minimum atomic E-state index is 0.298. The fraction of sp³-hybridized carbons (Fsp3) is 0.333. The molecule has 1 atom stereocenters. The largest absolute Gasteiger partial charge is 0.508 e. The zero-order valence-corrected chi connectivity index (χ0v) is 10.4. The predicted molar refractivity (Wildman–Crippen MR) is 66.9 cm³/mol. The van der Waals surface area contributed by atoms with Crippen LogP contribution in [0.4, 0.5) is 0 Å². The molecule has 1 rings (SSSR count). The van der Waals surface area contributed by atoms with Gasteiger partial charge in [-0.05, 0) is 37.1 Å². The van der Waals surface area contributed by atoms with Gasteiger partial charge in [0.25, 0.3) is 0 Å². The van der Waals surface area contributed by atoms with Gasteiger partial charge in [-0.25, -0.2) is 0 Å². The summed E-state index contributed by atoms with van der Waals surface area (Å²) in [7, 11) is 0. The molecule has 0 aliphatic carbocycles. The van der Waals surface area contributed by atoms with E-state index in [0.29, 0.717) is 11.8 Å². The number of halogens is 1. The van der Waals surface area contributed by atoms with Gasteiger partial charge in [0.15, 0.2) is 0 Å². The maximum absolute atomic E-state index is 9.34. The first-order valence-corrected chi connectivity index (χ1v) is 5.74. The van der Waals surface area contributed by atoms with Crippen LogP contribution in [0, 0.1) is 0 Å². The summed E-state index contributed by atoms with van der Waals surface area (Å²) >= 11 is 3.45. The van der Waals surface area contributed by atoms with Crippen LogP contribution in [-0.2, 0) is 6.54 Å². The second kappa shape index (κ2) is 5.93. The summed E-state index contributed by atoms with van der Waals surface area (Å²) in [5.74, 6) is 0.298. The van der Waals surface area contributed by atoms with Crippen molar-refractivity contribution in [3.8, 4) is 5.75 Å². The number of hydrogen-bond acceptors (Lipinski definition) is 2. The average molecular weight is 270 g/mol. The third kappa shape index (κ3) is 4.06. The molecule has 1 unspecified atom stereocenters. The van der Waals surface area contributed by atoms with Crippen molar-refractivity contribution in [3.63, 3.8) is 0 Å². The van der Waals surface area contributed by atoms with Crippen molar-refractivity contribution in [2.45, 2.75) is 25.9 Å². The second-order valence-corrected chi connectivity index (χ2v) is 4.44. The molecule has 0 radical (unpaired) electrons. The first-order chi connectivity index (χ1) is 7.13. The van der Waals surface area contributed by atoms with Crippen molar-refractivity contribution >= 4 is 15.9 Å². The van der Waals surface area contributed by atoms with E-state index in [0.717, 1.165) is 23.0 Å². The number of benzene rings is 1. The maximum Gasteiger partial charge on any atom is 0.115 e. The van der Waals surface area contributed by atoms with Crippen molar-refractivity contribution in [2.75, 3.05) is 0 Å². The van der Waals surface area contributed by atoms with Crippen molar-refractivity contribution in [1.82, 2.24) is 5.32 Å². The lowest BCUT2D eigenvalue weighted by Gasteiger charge is -2.12. The molecular weight excluding hydrogens is 254 g/mol. The SMILES string of the molecule is C=CCC(C)NCc1cc(O)ccc1Br. The highest BCUT2D eigenvalue weighted by molar-refractivity contribution is 9.10. The fourth-order valence-electron chi connectivity index (χ4n) is 1.31. The lowest BCUT2D eigenvalue weighted by Crippen LogP contribution is -2.24. The fourth-order valence-corrected chi connectivity index (χ4v) is 1.70. The van der Waals surface area contributed by atoms with E-state index < -0.39 is 0 Å². The van der Waals surface area contributed by atoms with Crippen LogP contribution in [0.15, 0.2) is 35.3 Å². The van der Waals surface area contributed by atoms with Crippen molar-refractivity contribution in [3.05, 3.63) is 40.9 Å². The second-order valence-electron chi connectivity index (χ2n) is 3.58. The quantitative estimate of drug-likeness (QED) is 0.805. The molecule has 0 heterocycles. The molecule has 0 amide bonds. The Morgan fingerprint density at radius 2 is 2.33 bits per heavy atom. The maximum atomic E-state index is 9.34. The lowest BCUT2D eigenvalue weighted by molar-refractivity contribution is 0.473. The zero-order chi connectivity index (χ0) is 11.3. The van der Waals surface area contributed by atoms with Gasteiger partial charge >= 0.3 is 0 Å². The summed E-state index contributed by atoms with van der Waals surface area (Å²) in [6, 6.07) is 5.68. The van der Waals surface area contributed by atoms with Gasteiger partial charge in [-0.15, -0.1) is 6.58 Å². The van der Waals surface area contributed by atoms with Gasteiger partial charge < -0.3 is 10.4 Å². The highest BCUT2D eigenvalue weighted by Gasteiger charge is 2.03. The molecule has 0 bridgehead atoms. The van der Waals surface area contributed by atoms with Gasteiger partial charge in [0.1, 0.15) is 5.75 Å². The molecule has 2 N–H and O–H groups in total. The summed E-state index contributed by atoms with van der Waals surface area (Å²) in [5, 5.41) is 12.7. The third-order valence-electron chi connectivity index (χ3n) is 2.19. The molecule has 0 aromatic heterocycles. The molecule has 0 spiro atoms. The standard InChI is InChI=1S/C12H16BrNO/c1-3-4-9(2)14-8-10-7-11(15)5-6-12(10)13/h3,5-7,9,14-15H,1,4,8H2,2H3. The Balaban J connectivity index is 2.56. The van der Waals surface area contributed by atoms with Gasteiger partial charge in [-0.3, -0.25) is 0 Å². The van der Waals surface area contributed by atoms with E-state index in [9.17, 15) is 5.11 Å². The Morgan fingerprint density at radius 3 is 3.00 bits per heavy atom. The highest BCUT2D eigenvalue weighted by Crippen LogP contribution is 2.21. The van der Waals surface area contributed by atoms with Gasteiger partial charge in [0.2, 0.25) is 0 Å². The van der Waals surface area contributed by atoms with Crippen molar-refractivity contribution in [1.29, 1.82) is 0 Å². The van der Waals surface area contributed by atoms with Crippen LogP contribution in [-0.4, -0.2) is 11.1 Å². The van der Waals surface area contributed by atoms with Crippen LogP contribution in [0.1, 0.15) is 18.9 Å². The Labute approximate surface area is 99.1 Å². The summed E-state index contributed by atoms with van der Waals surface area (Å²) < 4.78 is 1.01. The molecule has 0 saturated carbocycles. The van der Waals surface area contributed by atoms with Crippen LogP contribution in [0.25, 0.3) is 0 Å². The molecule has 1 aromatic carbocycles. The molecule has 3 heteroatoms. The zero-order valence-electron chi connectivity index (χ0n) is 8.83. The number of nitrogens with one attached hydrogen (secondary N) is 1.